The van der Waals surface area contributed by atoms with Gasteiger partial charge in [0.05, 0.1) is 12.5 Å². The zero-order chi connectivity index (χ0) is 23.3. The summed E-state index contributed by atoms with van der Waals surface area (Å²) in [6.45, 7) is 0.994. The van der Waals surface area contributed by atoms with E-state index in [9.17, 15) is 9.59 Å². The van der Waals surface area contributed by atoms with Gasteiger partial charge in [0.2, 0.25) is 5.91 Å². The Balaban J connectivity index is 1.66. The van der Waals surface area contributed by atoms with Crippen LogP contribution in [0.4, 0.5) is 0 Å². The predicted octanol–water partition coefficient (Wildman–Crippen LogP) is 3.97. The van der Waals surface area contributed by atoms with E-state index in [0.29, 0.717) is 30.8 Å². The molecule has 4 rings (SSSR count). The molecule has 6 nitrogen and oxygen atoms in total. The molecular weight excluding hydrogens is 414 g/mol. The molecule has 2 aromatic carbocycles. The molecule has 1 N–H and O–H groups in total. The van der Waals surface area contributed by atoms with Crippen LogP contribution in [-0.2, 0) is 11.2 Å². The smallest absolute Gasteiger partial charge is 0.254 e. The third-order valence-electron chi connectivity index (χ3n) is 6.43. The van der Waals surface area contributed by atoms with Crippen LogP contribution in [0.3, 0.4) is 0 Å². The second kappa shape index (κ2) is 9.86. The van der Waals surface area contributed by atoms with Crippen molar-refractivity contribution in [1.29, 1.82) is 0 Å². The highest BCUT2D eigenvalue weighted by Crippen LogP contribution is 2.37. The number of piperidine rings is 1. The van der Waals surface area contributed by atoms with Crippen LogP contribution in [0.5, 0.6) is 5.75 Å². The molecule has 1 saturated heterocycles. The molecular formula is C27H29N3O3. The standard InChI is InChI=1S/C27H29N3O3/c1-28-26(32)27(18-22-7-3-4-10-24(22)20-11-14-29-15-12-20)13-6-16-30(19-27)25(31)21-8-5-9-23(17-21)33-2/h3-5,7-12,14-15,17H,6,13,16,18-19H2,1-2H3,(H,28,32)/t27-/m0/s1. The minimum Gasteiger partial charge on any atom is -0.497 e. The number of methoxy groups -OCH3 is 1. The van der Waals surface area contributed by atoms with Crippen LogP contribution in [0.2, 0.25) is 0 Å². The number of nitrogens with zero attached hydrogens (tertiary/aromatic N) is 2. The summed E-state index contributed by atoms with van der Waals surface area (Å²) in [5, 5.41) is 2.87. The van der Waals surface area contributed by atoms with Gasteiger partial charge >= 0.3 is 0 Å². The number of carbonyl (C=O) groups is 2. The molecule has 0 bridgehead atoms. The van der Waals surface area contributed by atoms with Crippen molar-refractivity contribution < 1.29 is 14.3 Å². The van der Waals surface area contributed by atoms with Crippen molar-refractivity contribution in [2.75, 3.05) is 27.2 Å². The van der Waals surface area contributed by atoms with E-state index < -0.39 is 5.41 Å². The van der Waals surface area contributed by atoms with Gasteiger partial charge in [-0.1, -0.05) is 30.3 Å². The fourth-order valence-electron chi connectivity index (χ4n) is 4.77. The molecule has 33 heavy (non-hydrogen) atoms. The third-order valence-corrected chi connectivity index (χ3v) is 6.43. The highest BCUT2D eigenvalue weighted by molar-refractivity contribution is 5.95. The van der Waals surface area contributed by atoms with E-state index in [4.69, 9.17) is 4.74 Å². The number of carbonyl (C=O) groups excluding carboxylic acids is 2. The number of rotatable bonds is 6. The molecule has 1 aromatic heterocycles. The molecule has 1 aliphatic rings. The molecule has 0 radical (unpaired) electrons. The Hall–Kier alpha value is -3.67. The van der Waals surface area contributed by atoms with Gasteiger partial charge in [-0.15, -0.1) is 0 Å². The topological polar surface area (TPSA) is 71.5 Å². The number of hydrogen-bond donors (Lipinski definition) is 1. The molecule has 0 aliphatic carbocycles. The SMILES string of the molecule is CNC(=O)[C@]1(Cc2ccccc2-c2ccncc2)CCCN(C(=O)c2cccc(OC)c2)C1. The van der Waals surface area contributed by atoms with Gasteiger partial charge in [-0.3, -0.25) is 14.6 Å². The van der Waals surface area contributed by atoms with Gasteiger partial charge in [-0.2, -0.15) is 0 Å². The van der Waals surface area contributed by atoms with Crippen LogP contribution >= 0.6 is 0 Å². The number of benzene rings is 2. The largest absolute Gasteiger partial charge is 0.497 e. The molecule has 1 aliphatic heterocycles. The Morgan fingerprint density at radius 3 is 2.64 bits per heavy atom. The predicted molar refractivity (Wildman–Crippen MR) is 128 cm³/mol. The van der Waals surface area contributed by atoms with E-state index in [1.807, 2.05) is 41.3 Å². The van der Waals surface area contributed by atoms with E-state index in [1.54, 1.807) is 38.7 Å². The Kier molecular flexibility index (Phi) is 6.73. The number of pyridine rings is 1. The lowest BCUT2D eigenvalue weighted by molar-refractivity contribution is -0.133. The molecule has 170 valence electrons. The van der Waals surface area contributed by atoms with Crippen LogP contribution in [0.1, 0.15) is 28.8 Å². The van der Waals surface area contributed by atoms with Gasteiger partial charge in [0.25, 0.3) is 5.91 Å². The highest BCUT2D eigenvalue weighted by atomic mass is 16.5. The average Bonchev–Trinajstić information content (AvgIpc) is 2.88. The van der Waals surface area contributed by atoms with Gasteiger partial charge in [0.1, 0.15) is 5.75 Å². The van der Waals surface area contributed by atoms with E-state index in [0.717, 1.165) is 29.5 Å². The van der Waals surface area contributed by atoms with Crippen molar-refractivity contribution in [1.82, 2.24) is 15.2 Å². The molecule has 0 spiro atoms. The number of nitrogens with one attached hydrogen (secondary N) is 1. The van der Waals surface area contributed by atoms with Gasteiger partial charge in [-0.25, -0.2) is 0 Å². The lowest BCUT2D eigenvalue weighted by Crippen LogP contribution is -2.54. The van der Waals surface area contributed by atoms with Crippen molar-refractivity contribution >= 4 is 11.8 Å². The maximum atomic E-state index is 13.3. The Labute approximate surface area is 194 Å². The van der Waals surface area contributed by atoms with E-state index in [2.05, 4.69) is 22.4 Å². The first-order valence-electron chi connectivity index (χ1n) is 11.2. The summed E-state index contributed by atoms with van der Waals surface area (Å²) in [4.78, 5) is 32.5. The molecule has 0 unspecified atom stereocenters. The van der Waals surface area contributed by atoms with Gasteiger partial charge < -0.3 is 15.0 Å². The lowest BCUT2D eigenvalue weighted by atomic mass is 9.73. The first-order valence-corrected chi connectivity index (χ1v) is 11.2. The monoisotopic (exact) mass is 443 g/mol. The molecule has 2 amide bonds. The van der Waals surface area contributed by atoms with Gasteiger partial charge in [-0.05, 0) is 66.3 Å². The summed E-state index contributed by atoms with van der Waals surface area (Å²) in [5.74, 6) is 0.529. The molecule has 0 saturated carbocycles. The zero-order valence-corrected chi connectivity index (χ0v) is 19.1. The second-order valence-corrected chi connectivity index (χ2v) is 8.49. The van der Waals surface area contributed by atoms with Crippen molar-refractivity contribution in [3.8, 4) is 16.9 Å². The Morgan fingerprint density at radius 1 is 1.09 bits per heavy atom. The summed E-state index contributed by atoms with van der Waals surface area (Å²) in [6, 6.07) is 19.3. The number of likely N-dealkylation sites (tertiary alicyclic amines) is 1. The molecule has 1 atom stereocenters. The van der Waals surface area contributed by atoms with Gasteiger partial charge in [0.15, 0.2) is 0 Å². The first kappa shape index (κ1) is 22.5. The molecule has 3 aromatic rings. The van der Waals surface area contributed by atoms with Crippen molar-refractivity contribution in [3.63, 3.8) is 0 Å². The molecule has 6 heteroatoms. The maximum absolute atomic E-state index is 13.3. The van der Waals surface area contributed by atoms with Crippen molar-refractivity contribution in [2.24, 2.45) is 5.41 Å². The van der Waals surface area contributed by atoms with Crippen molar-refractivity contribution in [3.05, 3.63) is 84.2 Å². The lowest BCUT2D eigenvalue weighted by Gasteiger charge is -2.42. The quantitative estimate of drug-likeness (QED) is 0.626. The number of hydrogen-bond acceptors (Lipinski definition) is 4. The fraction of sp³-hybridized carbons (Fsp3) is 0.296. The Morgan fingerprint density at radius 2 is 1.88 bits per heavy atom. The Bertz CT molecular complexity index is 1130. The summed E-state index contributed by atoms with van der Waals surface area (Å²) in [7, 11) is 3.25. The minimum absolute atomic E-state index is 0.0322. The van der Waals surface area contributed by atoms with E-state index >= 15 is 0 Å². The van der Waals surface area contributed by atoms with Gasteiger partial charge in [0, 0.05) is 38.1 Å². The normalized spacial score (nSPS) is 17.9. The number of ether oxygens (including phenoxy) is 1. The molecule has 1 fully saturated rings. The van der Waals surface area contributed by atoms with E-state index in [-0.39, 0.29) is 11.8 Å². The van der Waals surface area contributed by atoms with Crippen LogP contribution in [0.15, 0.2) is 73.1 Å². The number of aromatic nitrogens is 1. The summed E-state index contributed by atoms with van der Waals surface area (Å²) < 4.78 is 5.28. The summed E-state index contributed by atoms with van der Waals surface area (Å²) >= 11 is 0. The average molecular weight is 444 g/mol. The van der Waals surface area contributed by atoms with Crippen LogP contribution in [0.25, 0.3) is 11.1 Å². The summed E-state index contributed by atoms with van der Waals surface area (Å²) in [6.07, 6.45) is 5.58. The van der Waals surface area contributed by atoms with E-state index in [1.165, 1.54) is 0 Å². The maximum Gasteiger partial charge on any atom is 0.254 e. The summed E-state index contributed by atoms with van der Waals surface area (Å²) in [5.41, 5.74) is 3.10. The van der Waals surface area contributed by atoms with Crippen LogP contribution < -0.4 is 10.1 Å². The highest BCUT2D eigenvalue weighted by Gasteiger charge is 2.43. The second-order valence-electron chi connectivity index (χ2n) is 8.49. The molecule has 2 heterocycles. The van der Waals surface area contributed by atoms with Crippen LogP contribution in [-0.4, -0.2) is 48.9 Å². The third kappa shape index (κ3) is 4.75. The zero-order valence-electron chi connectivity index (χ0n) is 19.1. The minimum atomic E-state index is -0.704. The first-order chi connectivity index (χ1) is 16.1. The van der Waals surface area contributed by atoms with Crippen LogP contribution in [0, 0.1) is 5.41 Å². The number of amides is 2. The van der Waals surface area contributed by atoms with Crippen molar-refractivity contribution in [2.45, 2.75) is 19.3 Å². The fourth-order valence-corrected chi connectivity index (χ4v) is 4.77.